The first-order valence-corrected chi connectivity index (χ1v) is 17.6. The van der Waals surface area contributed by atoms with Crippen molar-refractivity contribution in [1.29, 1.82) is 0 Å². The molecule has 5 aliphatic rings. The number of aryl methyl sites for hydroxylation is 1. The first-order valence-electron chi connectivity index (χ1n) is 17.2. The second kappa shape index (κ2) is 12.7. The Labute approximate surface area is 296 Å². The van der Waals surface area contributed by atoms with Crippen LogP contribution in [0.4, 0.5) is 33.5 Å². The topological polar surface area (TPSA) is 107 Å². The zero-order valence-electron chi connectivity index (χ0n) is 28.4. The predicted molar refractivity (Wildman–Crippen MR) is 177 cm³/mol. The van der Waals surface area contributed by atoms with Crippen LogP contribution in [-0.4, -0.2) is 94.8 Å². The molecule has 3 saturated heterocycles. The van der Waals surface area contributed by atoms with E-state index < -0.39 is 52.2 Å². The molecule has 0 radical (unpaired) electrons. The van der Waals surface area contributed by atoms with Gasteiger partial charge in [0, 0.05) is 43.6 Å². The van der Waals surface area contributed by atoms with Crippen LogP contribution in [0.2, 0.25) is 5.02 Å². The molecule has 3 atom stereocenters. The third kappa shape index (κ3) is 5.81. The largest absolute Gasteiger partial charge is 0.461 e. The van der Waals surface area contributed by atoms with Crippen molar-refractivity contribution in [1.82, 2.24) is 29.5 Å². The lowest BCUT2D eigenvalue weighted by Crippen LogP contribution is -2.57. The van der Waals surface area contributed by atoms with Crippen LogP contribution in [0.25, 0.3) is 0 Å². The molecule has 0 aliphatic carbocycles. The maximum Gasteiger partial charge on any atom is 0.416 e. The lowest BCUT2D eigenvalue weighted by atomic mass is 9.91. The highest BCUT2D eigenvalue weighted by molar-refractivity contribution is 6.32. The maximum absolute atomic E-state index is 15.4. The zero-order valence-corrected chi connectivity index (χ0v) is 29.2. The predicted octanol–water partition coefficient (Wildman–Crippen LogP) is 5.03. The fraction of sp³-hybridized carbons (Fsp3) is 0.618. The molecule has 0 saturated carbocycles. The van der Waals surface area contributed by atoms with Gasteiger partial charge >= 0.3 is 12.2 Å². The average molecular weight is 739 g/mol. The zero-order chi connectivity index (χ0) is 35.9. The van der Waals surface area contributed by atoms with Crippen molar-refractivity contribution in [3.8, 4) is 6.01 Å². The number of nitrogen functional groups attached to an aromatic ring is 1. The first-order chi connectivity index (χ1) is 24.3. The molecule has 17 heteroatoms. The number of halogens is 6. The minimum absolute atomic E-state index is 0.0137. The van der Waals surface area contributed by atoms with Gasteiger partial charge in [-0.2, -0.15) is 28.2 Å². The number of hydrogen-bond acceptors (Lipinski definition) is 10. The van der Waals surface area contributed by atoms with Gasteiger partial charge in [-0.15, -0.1) is 0 Å². The summed E-state index contributed by atoms with van der Waals surface area (Å²) in [5.41, 5.74) is 5.05. The molecule has 7 heterocycles. The van der Waals surface area contributed by atoms with Crippen LogP contribution in [0.1, 0.15) is 65.6 Å². The molecule has 3 aromatic rings. The number of likely N-dealkylation sites (N-methyl/N-ethyl adjacent to an activating group) is 1. The van der Waals surface area contributed by atoms with Crippen molar-refractivity contribution in [3.63, 3.8) is 0 Å². The molecule has 5 aliphatic heterocycles. The Hall–Kier alpha value is -3.31. The van der Waals surface area contributed by atoms with E-state index in [1.54, 1.807) is 0 Å². The summed E-state index contributed by atoms with van der Waals surface area (Å²) in [6, 6.07) is 1.69. The highest BCUT2D eigenvalue weighted by Crippen LogP contribution is 2.45. The van der Waals surface area contributed by atoms with E-state index in [1.165, 1.54) is 0 Å². The number of ether oxygens (including phenoxy) is 3. The summed E-state index contributed by atoms with van der Waals surface area (Å²) in [5.74, 6) is -0.695. The van der Waals surface area contributed by atoms with Gasteiger partial charge in [0.25, 0.3) is 0 Å². The van der Waals surface area contributed by atoms with Crippen molar-refractivity contribution in [3.05, 3.63) is 56.7 Å². The minimum atomic E-state index is -4.84. The number of hydrogen-bond donors (Lipinski definition) is 1. The summed E-state index contributed by atoms with van der Waals surface area (Å²) in [6.45, 7) is 3.49. The van der Waals surface area contributed by atoms with Crippen LogP contribution in [0.5, 0.6) is 6.01 Å². The van der Waals surface area contributed by atoms with E-state index in [2.05, 4.69) is 14.8 Å². The van der Waals surface area contributed by atoms with Gasteiger partial charge in [0.1, 0.15) is 29.8 Å². The molecule has 0 unspecified atom stereocenters. The number of nitrogens with zero attached hydrogens (tertiary/aromatic N) is 7. The van der Waals surface area contributed by atoms with E-state index in [9.17, 15) is 17.6 Å². The number of rotatable bonds is 7. The first kappa shape index (κ1) is 34.8. The highest BCUT2D eigenvalue weighted by Gasteiger charge is 2.50. The molecule has 1 aromatic carbocycles. The molecule has 11 nitrogen and oxygen atoms in total. The van der Waals surface area contributed by atoms with Gasteiger partial charge in [0.2, 0.25) is 0 Å². The van der Waals surface area contributed by atoms with E-state index in [0.717, 1.165) is 42.9 Å². The van der Waals surface area contributed by atoms with E-state index in [1.807, 2.05) is 23.7 Å². The van der Waals surface area contributed by atoms with Crippen LogP contribution in [-0.2, 0) is 47.3 Å². The molecule has 2 aromatic heterocycles. The van der Waals surface area contributed by atoms with Crippen molar-refractivity contribution < 1.29 is 36.2 Å². The second-order valence-electron chi connectivity index (χ2n) is 14.6. The lowest BCUT2D eigenvalue weighted by Gasteiger charge is -2.45. The molecule has 0 spiro atoms. The normalized spacial score (nSPS) is 26.1. The third-order valence-electron chi connectivity index (χ3n) is 11.3. The highest BCUT2D eigenvalue weighted by atomic mass is 35.5. The molecular weight excluding hydrogens is 699 g/mol. The van der Waals surface area contributed by atoms with Gasteiger partial charge in [0.15, 0.2) is 5.82 Å². The van der Waals surface area contributed by atoms with Crippen molar-refractivity contribution in [2.45, 2.75) is 81.3 Å². The smallest absolute Gasteiger partial charge is 0.416 e. The lowest BCUT2D eigenvalue weighted by molar-refractivity contribution is -0.140. The van der Waals surface area contributed by atoms with Crippen molar-refractivity contribution in [2.75, 3.05) is 64.2 Å². The Morgan fingerprint density at radius 2 is 1.94 bits per heavy atom. The fourth-order valence-corrected chi connectivity index (χ4v) is 8.79. The SMILES string of the molecule is CN(C)C1(c2nn3c(c2Cl)CN(c2nc(OC[C@@]45CCCN4C[C@H](F)C5)nc4c2CO[C@H](c2c(C(F)(F)F)ccc(N)c2F)C4)CCC3)COC1. The van der Waals surface area contributed by atoms with E-state index in [0.29, 0.717) is 74.3 Å². The minimum Gasteiger partial charge on any atom is -0.461 e. The molecule has 51 heavy (non-hydrogen) atoms. The van der Waals surface area contributed by atoms with Gasteiger partial charge in [-0.05, 0) is 52.0 Å². The second-order valence-corrected chi connectivity index (χ2v) is 15.0. The Bertz CT molecular complexity index is 1840. The summed E-state index contributed by atoms with van der Waals surface area (Å²) < 4.78 is 92.2. The fourth-order valence-electron chi connectivity index (χ4n) is 8.42. The molecule has 0 bridgehead atoms. The Morgan fingerprint density at radius 3 is 2.67 bits per heavy atom. The van der Waals surface area contributed by atoms with Gasteiger partial charge in [-0.1, -0.05) is 11.6 Å². The van der Waals surface area contributed by atoms with E-state index in [4.69, 9.17) is 41.6 Å². The van der Waals surface area contributed by atoms with Crippen molar-refractivity contribution in [2.24, 2.45) is 0 Å². The van der Waals surface area contributed by atoms with Crippen molar-refractivity contribution >= 4 is 23.1 Å². The van der Waals surface area contributed by atoms with Crippen LogP contribution < -0.4 is 15.4 Å². The quantitative estimate of drug-likeness (QED) is 0.262. The number of alkyl halides is 4. The molecular formula is C34H40ClF5N8O3. The number of nitrogens with two attached hydrogens (primary N) is 1. The van der Waals surface area contributed by atoms with Crippen LogP contribution in [0, 0.1) is 5.82 Å². The van der Waals surface area contributed by atoms with Gasteiger partial charge in [-0.3, -0.25) is 14.5 Å². The molecule has 276 valence electrons. The van der Waals surface area contributed by atoms with E-state index in [-0.39, 0.29) is 25.6 Å². The Morgan fingerprint density at radius 1 is 1.14 bits per heavy atom. The maximum atomic E-state index is 15.4. The third-order valence-corrected chi connectivity index (χ3v) is 11.7. The van der Waals surface area contributed by atoms with Gasteiger partial charge < -0.3 is 24.8 Å². The molecule has 3 fully saturated rings. The van der Waals surface area contributed by atoms with Gasteiger partial charge in [0.05, 0.1) is 65.7 Å². The summed E-state index contributed by atoms with van der Waals surface area (Å²) in [4.78, 5) is 15.8. The number of anilines is 2. The van der Waals surface area contributed by atoms with Crippen LogP contribution in [0.15, 0.2) is 12.1 Å². The van der Waals surface area contributed by atoms with Crippen LogP contribution >= 0.6 is 11.6 Å². The summed E-state index contributed by atoms with van der Waals surface area (Å²) in [7, 11) is 3.93. The van der Waals surface area contributed by atoms with Gasteiger partial charge in [-0.25, -0.2) is 8.78 Å². The number of aromatic nitrogens is 4. The Kier molecular flexibility index (Phi) is 8.64. The summed E-state index contributed by atoms with van der Waals surface area (Å²) in [5, 5.41) is 5.47. The Balaban J connectivity index is 1.17. The average Bonchev–Trinajstić information content (AvgIpc) is 3.62. The van der Waals surface area contributed by atoms with E-state index >= 15 is 4.39 Å². The molecule has 8 rings (SSSR count). The standard InChI is InChI=1S/C34H40ClF5N8O3/c1-45(2)33(17-49-18-33)29-27(35)24-14-46(8-4-10-48(24)44-29)30-20-15-50-25(26-21(34(38,39)40)5-6-22(41)28(26)37)11-23(20)42-31(43-30)51-16-32-7-3-9-47(32)13-19(36)12-32/h5-6,19,25H,3-4,7-18,41H2,1-2H3/t19-,25+,32+/m1/s1. The monoisotopic (exact) mass is 738 g/mol. The number of fused-ring (bicyclic) bond motifs is 3. The summed E-state index contributed by atoms with van der Waals surface area (Å²) >= 11 is 7.09. The number of benzene rings is 1. The molecule has 2 N–H and O–H groups in total. The summed E-state index contributed by atoms with van der Waals surface area (Å²) in [6.07, 6.45) is -4.59. The molecule has 0 amide bonds. The van der Waals surface area contributed by atoms with Crippen LogP contribution in [0.3, 0.4) is 0 Å².